The van der Waals surface area contributed by atoms with Crippen LogP contribution in [0.2, 0.25) is 0 Å². The zero-order valence-corrected chi connectivity index (χ0v) is 12.1. The fourth-order valence-corrected chi connectivity index (χ4v) is 2.46. The average molecular weight is 254 g/mol. The summed E-state index contributed by atoms with van der Waals surface area (Å²) in [5.41, 5.74) is 0. The van der Waals surface area contributed by atoms with E-state index >= 15 is 0 Å². The van der Waals surface area contributed by atoms with Crippen LogP contribution in [-0.4, -0.2) is 25.2 Å². The minimum atomic E-state index is 0.569. The Morgan fingerprint density at radius 2 is 2.00 bits per heavy atom. The zero-order valence-electron chi connectivity index (χ0n) is 11.3. The van der Waals surface area contributed by atoms with Crippen molar-refractivity contribution in [1.29, 1.82) is 0 Å². The smallest absolute Gasteiger partial charge is 0.0164 e. The third kappa shape index (κ3) is 7.53. The van der Waals surface area contributed by atoms with E-state index in [1.807, 2.05) is 11.3 Å². The molecule has 1 unspecified atom stereocenters. The first-order chi connectivity index (χ1) is 8.18. The lowest BCUT2D eigenvalue weighted by atomic mass is 10.2. The molecule has 0 aliphatic carbocycles. The molecule has 2 nitrogen and oxygen atoms in total. The van der Waals surface area contributed by atoms with Crippen molar-refractivity contribution in [3.8, 4) is 0 Å². The Bertz CT molecular complexity index is 270. The molecule has 1 aromatic rings. The normalized spacial score (nSPS) is 13.2. The van der Waals surface area contributed by atoms with Crippen molar-refractivity contribution < 1.29 is 0 Å². The van der Waals surface area contributed by atoms with E-state index in [-0.39, 0.29) is 0 Å². The molecule has 0 amide bonds. The predicted molar refractivity (Wildman–Crippen MR) is 77.9 cm³/mol. The zero-order chi connectivity index (χ0) is 12.5. The van der Waals surface area contributed by atoms with E-state index in [0.717, 1.165) is 13.1 Å². The highest BCUT2D eigenvalue weighted by atomic mass is 32.1. The molecule has 2 N–H and O–H groups in total. The van der Waals surface area contributed by atoms with Gasteiger partial charge < -0.3 is 10.6 Å². The van der Waals surface area contributed by atoms with Crippen molar-refractivity contribution in [2.75, 3.05) is 13.1 Å². The molecular weight excluding hydrogens is 228 g/mol. The maximum Gasteiger partial charge on any atom is 0.0164 e. The van der Waals surface area contributed by atoms with Crippen LogP contribution in [0.1, 0.15) is 38.5 Å². The van der Waals surface area contributed by atoms with E-state index in [2.05, 4.69) is 48.9 Å². The van der Waals surface area contributed by atoms with Crippen LogP contribution in [0.4, 0.5) is 0 Å². The number of nitrogens with one attached hydrogen (secondary N) is 2. The largest absolute Gasteiger partial charge is 0.313 e. The van der Waals surface area contributed by atoms with Gasteiger partial charge in [-0.1, -0.05) is 19.9 Å². The Morgan fingerprint density at radius 1 is 1.18 bits per heavy atom. The fraction of sp³-hybridized carbons (Fsp3) is 0.714. The van der Waals surface area contributed by atoms with Gasteiger partial charge >= 0.3 is 0 Å². The first-order valence-electron chi connectivity index (χ1n) is 6.67. The van der Waals surface area contributed by atoms with E-state index in [0.29, 0.717) is 12.1 Å². The molecule has 1 rings (SSSR count). The number of rotatable bonds is 9. The second-order valence-corrected chi connectivity index (χ2v) is 5.99. The highest BCUT2D eigenvalue weighted by Crippen LogP contribution is 2.11. The van der Waals surface area contributed by atoms with Gasteiger partial charge in [-0.25, -0.2) is 0 Å². The molecule has 0 aromatic carbocycles. The maximum absolute atomic E-state index is 3.56. The number of unbranched alkanes of at least 4 members (excludes halogenated alkanes) is 1. The van der Waals surface area contributed by atoms with Gasteiger partial charge in [0.2, 0.25) is 0 Å². The second-order valence-electron chi connectivity index (χ2n) is 4.95. The molecule has 0 saturated carbocycles. The number of hydrogen-bond donors (Lipinski definition) is 2. The van der Waals surface area contributed by atoms with Gasteiger partial charge in [0.25, 0.3) is 0 Å². The van der Waals surface area contributed by atoms with Crippen LogP contribution in [0.15, 0.2) is 17.5 Å². The van der Waals surface area contributed by atoms with E-state index in [1.54, 1.807) is 0 Å². The Kier molecular flexibility index (Phi) is 7.49. The molecule has 1 atom stereocenters. The highest BCUT2D eigenvalue weighted by molar-refractivity contribution is 7.09. The van der Waals surface area contributed by atoms with Gasteiger partial charge in [-0.15, -0.1) is 11.3 Å². The first kappa shape index (κ1) is 14.7. The molecule has 0 fully saturated rings. The monoisotopic (exact) mass is 254 g/mol. The average Bonchev–Trinajstić information content (AvgIpc) is 2.79. The molecule has 17 heavy (non-hydrogen) atoms. The van der Waals surface area contributed by atoms with Crippen molar-refractivity contribution in [2.24, 2.45) is 0 Å². The molecule has 3 heteroatoms. The van der Waals surface area contributed by atoms with E-state index < -0.39 is 0 Å². The van der Waals surface area contributed by atoms with Gasteiger partial charge in [-0.05, 0) is 44.2 Å². The quantitative estimate of drug-likeness (QED) is 0.662. The lowest BCUT2D eigenvalue weighted by molar-refractivity contribution is 0.467. The number of aryl methyl sites for hydroxylation is 1. The molecule has 0 saturated heterocycles. The number of thiophene rings is 1. The highest BCUT2D eigenvalue weighted by Gasteiger charge is 2.01. The van der Waals surface area contributed by atoms with Crippen LogP contribution in [0.5, 0.6) is 0 Å². The number of hydrogen-bond acceptors (Lipinski definition) is 3. The minimum Gasteiger partial charge on any atom is -0.313 e. The van der Waals surface area contributed by atoms with E-state index in [9.17, 15) is 0 Å². The Morgan fingerprint density at radius 3 is 2.65 bits per heavy atom. The Balaban J connectivity index is 1.93. The standard InChI is InChI=1S/C14H26N2S/c1-12(2)16-11-13(3)15-9-5-4-7-14-8-6-10-17-14/h6,8,10,12-13,15-16H,4-5,7,9,11H2,1-3H3. The van der Waals surface area contributed by atoms with E-state index in [4.69, 9.17) is 0 Å². The predicted octanol–water partition coefficient (Wildman–Crippen LogP) is 3.05. The molecule has 0 spiro atoms. The molecule has 0 bridgehead atoms. The van der Waals surface area contributed by atoms with Crippen LogP contribution in [-0.2, 0) is 6.42 Å². The van der Waals surface area contributed by atoms with Gasteiger partial charge in [0.05, 0.1) is 0 Å². The summed E-state index contributed by atoms with van der Waals surface area (Å²) in [5, 5.41) is 9.17. The van der Waals surface area contributed by atoms with Crippen molar-refractivity contribution in [3.05, 3.63) is 22.4 Å². The van der Waals surface area contributed by atoms with Gasteiger partial charge in [0.1, 0.15) is 0 Å². The summed E-state index contributed by atoms with van der Waals surface area (Å²) in [4.78, 5) is 1.51. The van der Waals surface area contributed by atoms with Gasteiger partial charge in [-0.2, -0.15) is 0 Å². The van der Waals surface area contributed by atoms with Gasteiger partial charge in [-0.3, -0.25) is 0 Å². The SMILES string of the molecule is CC(C)NCC(C)NCCCCc1cccs1. The second kappa shape index (κ2) is 8.67. The Labute approximate surface area is 110 Å². The molecule has 0 aliphatic rings. The van der Waals surface area contributed by atoms with Crippen molar-refractivity contribution >= 4 is 11.3 Å². The summed E-state index contributed by atoms with van der Waals surface area (Å²) in [6, 6.07) is 5.52. The summed E-state index contributed by atoms with van der Waals surface area (Å²) in [5.74, 6) is 0. The van der Waals surface area contributed by atoms with Crippen LogP contribution in [0.3, 0.4) is 0 Å². The molecule has 0 radical (unpaired) electrons. The Hall–Kier alpha value is -0.380. The van der Waals surface area contributed by atoms with Crippen molar-refractivity contribution in [2.45, 2.75) is 52.1 Å². The molecule has 0 aliphatic heterocycles. The summed E-state index contributed by atoms with van der Waals surface area (Å²) in [7, 11) is 0. The van der Waals surface area contributed by atoms with Crippen molar-refractivity contribution in [1.82, 2.24) is 10.6 Å². The fourth-order valence-electron chi connectivity index (χ4n) is 1.71. The first-order valence-corrected chi connectivity index (χ1v) is 7.55. The van der Waals surface area contributed by atoms with Gasteiger partial charge in [0.15, 0.2) is 0 Å². The minimum absolute atomic E-state index is 0.569. The third-order valence-corrected chi connectivity index (χ3v) is 3.69. The summed E-state index contributed by atoms with van der Waals surface area (Å²) in [6.45, 7) is 8.81. The summed E-state index contributed by atoms with van der Waals surface area (Å²) < 4.78 is 0. The maximum atomic E-state index is 3.56. The van der Waals surface area contributed by atoms with Crippen LogP contribution in [0, 0.1) is 0 Å². The molecular formula is C14H26N2S. The van der Waals surface area contributed by atoms with Crippen LogP contribution in [0.25, 0.3) is 0 Å². The molecule has 1 aromatic heterocycles. The molecule has 1 heterocycles. The lowest BCUT2D eigenvalue weighted by Crippen LogP contribution is -2.39. The van der Waals surface area contributed by atoms with Gasteiger partial charge in [0, 0.05) is 23.5 Å². The third-order valence-electron chi connectivity index (χ3n) is 2.76. The lowest BCUT2D eigenvalue weighted by Gasteiger charge is -2.16. The topological polar surface area (TPSA) is 24.1 Å². The van der Waals surface area contributed by atoms with E-state index in [1.165, 1.54) is 24.1 Å². The van der Waals surface area contributed by atoms with Crippen LogP contribution >= 0.6 is 11.3 Å². The molecule has 98 valence electrons. The van der Waals surface area contributed by atoms with Crippen LogP contribution < -0.4 is 10.6 Å². The summed E-state index contributed by atoms with van der Waals surface area (Å²) >= 11 is 1.87. The summed E-state index contributed by atoms with van der Waals surface area (Å²) in [6.07, 6.45) is 3.79. The van der Waals surface area contributed by atoms with Crippen molar-refractivity contribution in [3.63, 3.8) is 0 Å².